The van der Waals surface area contributed by atoms with Crippen LogP contribution in [0, 0.1) is 6.92 Å². The molecular formula is C14H19NOS. The highest BCUT2D eigenvalue weighted by atomic mass is 32.1. The minimum absolute atomic E-state index is 0.380. The molecule has 17 heavy (non-hydrogen) atoms. The molecule has 0 aliphatic carbocycles. The lowest BCUT2D eigenvalue weighted by Crippen LogP contribution is -2.16. The molecule has 0 fully saturated rings. The van der Waals surface area contributed by atoms with Crippen molar-refractivity contribution < 1.29 is 4.42 Å². The summed E-state index contributed by atoms with van der Waals surface area (Å²) in [7, 11) is 0. The molecule has 2 nitrogen and oxygen atoms in total. The Morgan fingerprint density at radius 3 is 2.71 bits per heavy atom. The summed E-state index contributed by atoms with van der Waals surface area (Å²) >= 11 is 1.89. The highest BCUT2D eigenvalue weighted by molar-refractivity contribution is 7.12. The standard InChI is InChI=1S/C14H19NOS/c1-4-13-7-8-14(17-13)11(3)15-9-12-6-5-10(2)16-12/h5-8,11,15H,4,9H2,1-3H3. The smallest absolute Gasteiger partial charge is 0.117 e. The molecule has 2 heterocycles. The average Bonchev–Trinajstić information content (AvgIpc) is 2.94. The average molecular weight is 249 g/mol. The SMILES string of the molecule is CCc1ccc(C(C)NCc2ccc(C)o2)s1. The van der Waals surface area contributed by atoms with Crippen molar-refractivity contribution in [3.63, 3.8) is 0 Å². The van der Waals surface area contributed by atoms with Crippen molar-refractivity contribution in [1.82, 2.24) is 5.32 Å². The lowest BCUT2D eigenvalue weighted by atomic mass is 10.2. The highest BCUT2D eigenvalue weighted by Gasteiger charge is 2.08. The van der Waals surface area contributed by atoms with Crippen LogP contribution in [0.4, 0.5) is 0 Å². The van der Waals surface area contributed by atoms with Gasteiger partial charge in [0, 0.05) is 15.8 Å². The second-order valence-corrected chi connectivity index (χ2v) is 5.47. The van der Waals surface area contributed by atoms with Gasteiger partial charge in [-0.1, -0.05) is 6.92 Å². The molecule has 1 atom stereocenters. The zero-order valence-electron chi connectivity index (χ0n) is 10.6. The zero-order chi connectivity index (χ0) is 12.3. The van der Waals surface area contributed by atoms with Gasteiger partial charge in [0.1, 0.15) is 11.5 Å². The molecule has 0 saturated carbocycles. The summed E-state index contributed by atoms with van der Waals surface area (Å²) in [5.41, 5.74) is 0. The summed E-state index contributed by atoms with van der Waals surface area (Å²) in [6.07, 6.45) is 1.12. The van der Waals surface area contributed by atoms with Crippen LogP contribution in [0.1, 0.15) is 41.2 Å². The molecular weight excluding hydrogens is 230 g/mol. The van der Waals surface area contributed by atoms with Crippen LogP contribution in [0.3, 0.4) is 0 Å². The molecule has 0 aliphatic rings. The van der Waals surface area contributed by atoms with E-state index in [9.17, 15) is 0 Å². The van der Waals surface area contributed by atoms with Crippen molar-refractivity contribution in [1.29, 1.82) is 0 Å². The van der Waals surface area contributed by atoms with E-state index in [0.717, 1.165) is 24.5 Å². The Bertz CT molecular complexity index is 472. The molecule has 1 unspecified atom stereocenters. The first kappa shape index (κ1) is 12.4. The van der Waals surface area contributed by atoms with Gasteiger partial charge in [-0.15, -0.1) is 11.3 Å². The first-order valence-corrected chi connectivity index (χ1v) is 6.88. The van der Waals surface area contributed by atoms with Crippen molar-refractivity contribution in [2.24, 2.45) is 0 Å². The lowest BCUT2D eigenvalue weighted by molar-refractivity contribution is 0.445. The van der Waals surface area contributed by atoms with Gasteiger partial charge >= 0.3 is 0 Å². The highest BCUT2D eigenvalue weighted by Crippen LogP contribution is 2.23. The number of rotatable bonds is 5. The van der Waals surface area contributed by atoms with E-state index in [-0.39, 0.29) is 0 Å². The Kier molecular flexibility index (Phi) is 4.02. The Morgan fingerprint density at radius 1 is 1.29 bits per heavy atom. The van der Waals surface area contributed by atoms with Crippen LogP contribution in [0.25, 0.3) is 0 Å². The van der Waals surface area contributed by atoms with Gasteiger partial charge in [0.05, 0.1) is 6.54 Å². The molecule has 0 aromatic carbocycles. The Morgan fingerprint density at radius 2 is 2.12 bits per heavy atom. The number of furan rings is 1. The molecule has 0 bridgehead atoms. The van der Waals surface area contributed by atoms with Crippen LogP contribution >= 0.6 is 11.3 Å². The number of nitrogens with one attached hydrogen (secondary N) is 1. The third-order valence-electron chi connectivity index (χ3n) is 2.84. The summed E-state index contributed by atoms with van der Waals surface area (Å²) in [5.74, 6) is 1.97. The minimum atomic E-state index is 0.380. The van der Waals surface area contributed by atoms with Crippen molar-refractivity contribution in [3.05, 3.63) is 45.5 Å². The van der Waals surface area contributed by atoms with Crippen LogP contribution in [0.15, 0.2) is 28.7 Å². The summed E-state index contributed by atoms with van der Waals surface area (Å²) in [4.78, 5) is 2.84. The maximum Gasteiger partial charge on any atom is 0.117 e. The molecule has 1 N–H and O–H groups in total. The molecule has 2 aromatic rings. The normalized spacial score (nSPS) is 12.9. The van der Waals surface area contributed by atoms with Crippen LogP contribution in [0.5, 0.6) is 0 Å². The Balaban J connectivity index is 1.90. The minimum Gasteiger partial charge on any atom is -0.465 e. The van der Waals surface area contributed by atoms with Crippen molar-refractivity contribution in [2.75, 3.05) is 0 Å². The van der Waals surface area contributed by atoms with Crippen LogP contribution in [-0.4, -0.2) is 0 Å². The third-order valence-corrected chi connectivity index (χ3v) is 4.25. The first-order valence-electron chi connectivity index (χ1n) is 6.06. The van der Waals surface area contributed by atoms with Crippen LogP contribution < -0.4 is 5.32 Å². The lowest BCUT2D eigenvalue weighted by Gasteiger charge is -2.10. The second-order valence-electron chi connectivity index (χ2n) is 4.27. The van der Waals surface area contributed by atoms with Gasteiger partial charge in [-0.2, -0.15) is 0 Å². The van der Waals surface area contributed by atoms with Crippen molar-refractivity contribution in [3.8, 4) is 0 Å². The fourth-order valence-electron chi connectivity index (χ4n) is 1.75. The Labute approximate surface area is 107 Å². The molecule has 3 heteroatoms. The first-order chi connectivity index (χ1) is 8.19. The van der Waals surface area contributed by atoms with Gasteiger partial charge in [-0.3, -0.25) is 0 Å². The molecule has 0 spiro atoms. The van der Waals surface area contributed by atoms with Gasteiger partial charge in [0.25, 0.3) is 0 Å². The molecule has 0 amide bonds. The molecule has 0 saturated heterocycles. The van der Waals surface area contributed by atoms with Gasteiger partial charge in [0.15, 0.2) is 0 Å². The Hall–Kier alpha value is -1.06. The number of hydrogen-bond donors (Lipinski definition) is 1. The quantitative estimate of drug-likeness (QED) is 0.864. The molecule has 2 rings (SSSR count). The van der Waals surface area contributed by atoms with Gasteiger partial charge in [0.2, 0.25) is 0 Å². The van der Waals surface area contributed by atoms with Crippen LogP contribution in [0.2, 0.25) is 0 Å². The topological polar surface area (TPSA) is 25.2 Å². The summed E-state index contributed by atoms with van der Waals surface area (Å²) in [6, 6.07) is 8.85. The van der Waals surface area contributed by atoms with E-state index in [0.29, 0.717) is 6.04 Å². The predicted octanol–water partition coefficient (Wildman–Crippen LogP) is 4.06. The fourth-order valence-corrected chi connectivity index (χ4v) is 2.73. The maximum atomic E-state index is 5.54. The summed E-state index contributed by atoms with van der Waals surface area (Å²) in [5, 5.41) is 3.48. The molecule has 0 aliphatic heterocycles. The molecule has 2 aromatic heterocycles. The number of aryl methyl sites for hydroxylation is 2. The predicted molar refractivity (Wildman–Crippen MR) is 72.4 cm³/mol. The van der Waals surface area contributed by atoms with E-state index in [1.807, 2.05) is 30.4 Å². The van der Waals surface area contributed by atoms with E-state index < -0.39 is 0 Å². The largest absolute Gasteiger partial charge is 0.465 e. The monoisotopic (exact) mass is 249 g/mol. The van der Waals surface area contributed by atoms with E-state index in [1.54, 1.807) is 0 Å². The fraction of sp³-hybridized carbons (Fsp3) is 0.429. The van der Waals surface area contributed by atoms with Gasteiger partial charge in [-0.05, 0) is 44.5 Å². The van der Waals surface area contributed by atoms with E-state index in [1.165, 1.54) is 9.75 Å². The summed E-state index contributed by atoms with van der Waals surface area (Å²) in [6.45, 7) is 7.15. The van der Waals surface area contributed by atoms with Crippen molar-refractivity contribution >= 4 is 11.3 Å². The van der Waals surface area contributed by atoms with E-state index in [2.05, 4.69) is 31.3 Å². The van der Waals surface area contributed by atoms with E-state index >= 15 is 0 Å². The molecule has 92 valence electrons. The maximum absolute atomic E-state index is 5.54. The van der Waals surface area contributed by atoms with Gasteiger partial charge < -0.3 is 9.73 Å². The molecule has 0 radical (unpaired) electrons. The van der Waals surface area contributed by atoms with Gasteiger partial charge in [-0.25, -0.2) is 0 Å². The number of hydrogen-bond acceptors (Lipinski definition) is 3. The number of thiophene rings is 1. The third kappa shape index (κ3) is 3.20. The summed E-state index contributed by atoms with van der Waals surface area (Å²) < 4.78 is 5.54. The van der Waals surface area contributed by atoms with E-state index in [4.69, 9.17) is 4.42 Å². The van der Waals surface area contributed by atoms with Crippen molar-refractivity contribution in [2.45, 2.75) is 39.8 Å². The van der Waals surface area contributed by atoms with Crippen LogP contribution in [-0.2, 0) is 13.0 Å². The zero-order valence-corrected chi connectivity index (χ0v) is 11.4. The second kappa shape index (κ2) is 5.52.